The first kappa shape index (κ1) is 31.4. The average molecular weight is 604 g/mol. The number of anilines is 3. The molecule has 2 aromatic heterocycles. The Morgan fingerprint density at radius 1 is 0.884 bits per heavy atom. The van der Waals surface area contributed by atoms with Gasteiger partial charge in [-0.3, -0.25) is 20.4 Å². The van der Waals surface area contributed by atoms with E-state index in [2.05, 4.69) is 30.8 Å². The normalized spacial score (nSPS) is 11.3. The molecule has 0 bridgehead atoms. The summed E-state index contributed by atoms with van der Waals surface area (Å²) in [5.74, 6) is -0.443. The predicted octanol–water partition coefficient (Wildman–Crippen LogP) is 6.28. The number of hydrogen-bond acceptors (Lipinski definition) is 8. The van der Waals surface area contributed by atoms with Crippen molar-refractivity contribution in [1.82, 2.24) is 19.8 Å². The number of rotatable bonds is 10. The number of amides is 4. The third kappa shape index (κ3) is 9.48. The van der Waals surface area contributed by atoms with Gasteiger partial charge in [0.15, 0.2) is 5.13 Å². The first-order valence-corrected chi connectivity index (χ1v) is 14.7. The second kappa shape index (κ2) is 14.1. The van der Waals surface area contributed by atoms with E-state index >= 15 is 0 Å². The molecule has 0 aliphatic heterocycles. The van der Waals surface area contributed by atoms with Gasteiger partial charge in [-0.1, -0.05) is 41.7 Å². The summed E-state index contributed by atoms with van der Waals surface area (Å²) in [6, 6.07) is 17.7. The number of carbonyl (C=O) groups excluding carboxylic acids is 3. The van der Waals surface area contributed by atoms with Crippen molar-refractivity contribution >= 4 is 56.1 Å². The van der Waals surface area contributed by atoms with E-state index in [1.807, 2.05) is 38.4 Å². The second-order valence-corrected chi connectivity index (χ2v) is 12.2. The molecule has 0 radical (unpaired) electrons. The lowest BCUT2D eigenvalue weighted by atomic mass is 10.2. The number of fused-ring (bicyclic) bond motifs is 1. The first-order chi connectivity index (χ1) is 20.5. The quantitative estimate of drug-likeness (QED) is 0.195. The molecule has 43 heavy (non-hydrogen) atoms. The minimum Gasteiger partial charge on any atom is -0.444 e. The summed E-state index contributed by atoms with van der Waals surface area (Å²) in [4.78, 5) is 51.2. The number of carbonyl (C=O) groups is 3. The van der Waals surface area contributed by atoms with Gasteiger partial charge in [-0.25, -0.2) is 14.6 Å². The van der Waals surface area contributed by atoms with Gasteiger partial charge in [0.05, 0.1) is 21.6 Å². The molecule has 0 aliphatic carbocycles. The Morgan fingerprint density at radius 2 is 1.58 bits per heavy atom. The highest BCUT2D eigenvalue weighted by Crippen LogP contribution is 2.26. The monoisotopic (exact) mass is 603 g/mol. The number of aromatic nitrogens is 2. The van der Waals surface area contributed by atoms with Gasteiger partial charge in [-0.05, 0) is 83.7 Å². The molecule has 0 aliphatic rings. The van der Waals surface area contributed by atoms with Crippen LogP contribution in [0.2, 0.25) is 0 Å². The number of urea groups is 1. The fourth-order valence-corrected chi connectivity index (χ4v) is 4.96. The highest BCUT2D eigenvalue weighted by molar-refractivity contribution is 7.22. The molecule has 11 nitrogen and oxygen atoms in total. The molecule has 0 fully saturated rings. The predicted molar refractivity (Wildman–Crippen MR) is 171 cm³/mol. The van der Waals surface area contributed by atoms with Gasteiger partial charge in [-0.15, -0.1) is 0 Å². The number of para-hydroxylation sites is 3. The molecule has 0 unspecified atom stereocenters. The van der Waals surface area contributed by atoms with Gasteiger partial charge in [0, 0.05) is 19.3 Å². The van der Waals surface area contributed by atoms with Crippen LogP contribution in [0.15, 0.2) is 66.9 Å². The summed E-state index contributed by atoms with van der Waals surface area (Å²) in [6.07, 6.45) is 1.74. The Balaban J connectivity index is 1.41. The van der Waals surface area contributed by atoms with Crippen molar-refractivity contribution in [3.63, 3.8) is 0 Å². The molecule has 12 heteroatoms. The number of pyridine rings is 1. The minimum absolute atomic E-state index is 0.189. The number of ether oxygens (including phenoxy) is 1. The van der Waals surface area contributed by atoms with Crippen molar-refractivity contribution < 1.29 is 19.1 Å². The Bertz CT molecular complexity index is 1530. The van der Waals surface area contributed by atoms with Gasteiger partial charge < -0.3 is 19.9 Å². The lowest BCUT2D eigenvalue weighted by molar-refractivity contribution is 0.0635. The third-order valence-corrected chi connectivity index (χ3v) is 7.02. The minimum atomic E-state index is -0.661. The lowest BCUT2D eigenvalue weighted by Gasteiger charge is -2.23. The van der Waals surface area contributed by atoms with Crippen LogP contribution in [0.4, 0.5) is 26.1 Å². The maximum atomic E-state index is 13.3. The Hall–Kier alpha value is -4.55. The van der Waals surface area contributed by atoms with Gasteiger partial charge in [0.25, 0.3) is 5.91 Å². The highest BCUT2D eigenvalue weighted by Gasteiger charge is 2.19. The van der Waals surface area contributed by atoms with Crippen LogP contribution in [0.25, 0.3) is 10.2 Å². The maximum Gasteiger partial charge on any atom is 0.412 e. The van der Waals surface area contributed by atoms with Gasteiger partial charge in [-0.2, -0.15) is 0 Å². The third-order valence-electron chi connectivity index (χ3n) is 6.07. The van der Waals surface area contributed by atoms with E-state index in [1.54, 1.807) is 68.3 Å². The van der Waals surface area contributed by atoms with E-state index in [0.717, 1.165) is 28.7 Å². The Morgan fingerprint density at radius 3 is 2.23 bits per heavy atom. The van der Waals surface area contributed by atoms with E-state index in [4.69, 9.17) is 4.74 Å². The molecule has 4 rings (SSSR count). The van der Waals surface area contributed by atoms with Crippen LogP contribution in [0, 0.1) is 0 Å². The van der Waals surface area contributed by atoms with E-state index in [-0.39, 0.29) is 11.7 Å². The number of thiazole rings is 1. The summed E-state index contributed by atoms with van der Waals surface area (Å²) in [7, 11) is 3.98. The second-order valence-electron chi connectivity index (χ2n) is 11.2. The SMILES string of the molecule is CN(C)CCCN(Cc1ccc(C(=O)Nc2ccccc2NC(=O)OC(C)(C)C)nc1)C(=O)Nc1nc2ccccc2s1. The largest absolute Gasteiger partial charge is 0.444 e. The molecule has 226 valence electrons. The Kier molecular flexibility index (Phi) is 10.3. The molecule has 4 aromatic rings. The average Bonchev–Trinajstić information content (AvgIpc) is 3.35. The molecule has 0 atom stereocenters. The van der Waals surface area contributed by atoms with Crippen LogP contribution in [-0.2, 0) is 11.3 Å². The van der Waals surface area contributed by atoms with Crippen LogP contribution in [-0.4, -0.2) is 70.6 Å². The molecule has 0 spiro atoms. The van der Waals surface area contributed by atoms with E-state index < -0.39 is 17.6 Å². The number of nitrogens with zero attached hydrogens (tertiary/aromatic N) is 4. The van der Waals surface area contributed by atoms with Crippen LogP contribution in [0.1, 0.15) is 43.2 Å². The van der Waals surface area contributed by atoms with Gasteiger partial charge in [0.1, 0.15) is 11.3 Å². The smallest absolute Gasteiger partial charge is 0.412 e. The molecule has 3 N–H and O–H groups in total. The van der Waals surface area contributed by atoms with Crippen molar-refractivity contribution in [3.8, 4) is 0 Å². The molecule has 2 heterocycles. The zero-order chi connectivity index (χ0) is 31.0. The molecular weight excluding hydrogens is 566 g/mol. The van der Waals surface area contributed by atoms with Gasteiger partial charge in [0.2, 0.25) is 0 Å². The molecular formula is C31H37N7O4S. The van der Waals surface area contributed by atoms with Gasteiger partial charge >= 0.3 is 12.1 Å². The highest BCUT2D eigenvalue weighted by atomic mass is 32.1. The van der Waals surface area contributed by atoms with Crippen LogP contribution < -0.4 is 16.0 Å². The molecule has 0 saturated carbocycles. The fourth-order valence-electron chi connectivity index (χ4n) is 4.10. The summed E-state index contributed by atoms with van der Waals surface area (Å²) in [5, 5.41) is 8.93. The summed E-state index contributed by atoms with van der Waals surface area (Å²) in [5.41, 5.74) is 1.94. The summed E-state index contributed by atoms with van der Waals surface area (Å²) >= 11 is 1.43. The van der Waals surface area contributed by atoms with Crippen molar-refractivity contribution in [1.29, 1.82) is 0 Å². The van der Waals surface area contributed by atoms with Crippen LogP contribution in [0.5, 0.6) is 0 Å². The fraction of sp³-hybridized carbons (Fsp3) is 0.323. The Labute approximate surface area is 255 Å². The molecule has 2 aromatic carbocycles. The first-order valence-electron chi connectivity index (χ1n) is 13.9. The molecule has 4 amide bonds. The summed E-state index contributed by atoms with van der Waals surface area (Å²) in [6.45, 7) is 6.97. The zero-order valence-corrected chi connectivity index (χ0v) is 25.8. The maximum absolute atomic E-state index is 13.3. The van der Waals surface area contributed by atoms with Crippen LogP contribution in [0.3, 0.4) is 0 Å². The van der Waals surface area contributed by atoms with Crippen molar-refractivity contribution in [2.45, 2.75) is 39.3 Å². The van der Waals surface area contributed by atoms with E-state index in [9.17, 15) is 14.4 Å². The van der Waals surface area contributed by atoms with Crippen molar-refractivity contribution in [2.24, 2.45) is 0 Å². The van der Waals surface area contributed by atoms with Crippen molar-refractivity contribution in [2.75, 3.05) is 43.1 Å². The molecule has 0 saturated heterocycles. The number of nitrogens with one attached hydrogen (secondary N) is 3. The van der Waals surface area contributed by atoms with E-state index in [0.29, 0.717) is 29.6 Å². The topological polar surface area (TPSA) is 129 Å². The van der Waals surface area contributed by atoms with Crippen molar-refractivity contribution in [3.05, 3.63) is 78.1 Å². The lowest BCUT2D eigenvalue weighted by Crippen LogP contribution is -2.36. The standard InChI is InChI=1S/C31H37N7O4S/c1-31(2,3)42-30(41)35-23-12-7-6-11-22(23)33-27(39)25-16-15-21(19-32-25)20-38(18-10-17-37(4)5)29(40)36-28-34-24-13-8-9-14-26(24)43-28/h6-9,11-16,19H,10,17-18,20H2,1-5H3,(H,33,39)(H,35,41)(H,34,36,40). The zero-order valence-electron chi connectivity index (χ0n) is 25.0. The summed E-state index contributed by atoms with van der Waals surface area (Å²) < 4.78 is 6.32. The number of benzene rings is 2. The van der Waals surface area contributed by atoms with E-state index in [1.165, 1.54) is 11.3 Å². The number of hydrogen-bond donors (Lipinski definition) is 3. The van der Waals surface area contributed by atoms with Crippen LogP contribution >= 0.6 is 11.3 Å².